The van der Waals surface area contributed by atoms with Crippen molar-refractivity contribution in [2.24, 2.45) is 5.41 Å². The Balaban J connectivity index is 1.16. The van der Waals surface area contributed by atoms with Gasteiger partial charge in [0.25, 0.3) is 0 Å². The number of benzene rings is 1. The molecule has 0 aromatic heterocycles. The summed E-state index contributed by atoms with van der Waals surface area (Å²) in [5, 5.41) is 10.9. The van der Waals surface area contributed by atoms with Gasteiger partial charge < -0.3 is 24.4 Å². The van der Waals surface area contributed by atoms with Gasteiger partial charge in [0.05, 0.1) is 17.4 Å². The van der Waals surface area contributed by atoms with E-state index in [4.69, 9.17) is 9.47 Å². The average Bonchev–Trinajstić information content (AvgIpc) is 3.34. The Labute approximate surface area is 186 Å². The van der Waals surface area contributed by atoms with E-state index in [1.807, 2.05) is 17.9 Å². The third-order valence-electron chi connectivity index (χ3n) is 7.89. The Bertz CT molecular complexity index is 973. The van der Waals surface area contributed by atoms with Crippen LogP contribution in [0.4, 0.5) is 4.39 Å². The number of aliphatic hydroxyl groups is 1. The molecular formula is C24H29FN2O5. The number of cyclic esters (lactones) is 2. The lowest BCUT2D eigenvalue weighted by Gasteiger charge is -2.47. The molecule has 7 nitrogen and oxygen atoms in total. The van der Waals surface area contributed by atoms with Crippen molar-refractivity contribution in [3.8, 4) is 0 Å². The fourth-order valence-corrected chi connectivity index (χ4v) is 5.64. The molecule has 32 heavy (non-hydrogen) atoms. The van der Waals surface area contributed by atoms with E-state index in [0.29, 0.717) is 17.8 Å². The zero-order valence-electron chi connectivity index (χ0n) is 18.4. The van der Waals surface area contributed by atoms with Crippen LogP contribution in [0.1, 0.15) is 58.8 Å². The minimum absolute atomic E-state index is 0.0473. The second-order valence-electron chi connectivity index (χ2n) is 9.52. The summed E-state index contributed by atoms with van der Waals surface area (Å²) in [4.78, 5) is 27.3. The summed E-state index contributed by atoms with van der Waals surface area (Å²) in [5.74, 6) is -1.87. The number of piperidine rings is 2. The van der Waals surface area contributed by atoms with Gasteiger partial charge >= 0.3 is 11.9 Å². The lowest BCUT2D eigenvalue weighted by atomic mass is 9.71. The van der Waals surface area contributed by atoms with Crippen LogP contribution in [0.25, 0.3) is 0 Å². The molecule has 1 N–H and O–H groups in total. The molecule has 1 aromatic carbocycles. The Morgan fingerprint density at radius 3 is 2.34 bits per heavy atom. The van der Waals surface area contributed by atoms with Gasteiger partial charge in [-0.25, -0.2) is 9.59 Å². The summed E-state index contributed by atoms with van der Waals surface area (Å²) in [6.45, 7) is 6.17. The van der Waals surface area contributed by atoms with E-state index in [1.54, 1.807) is 6.07 Å². The van der Waals surface area contributed by atoms with Crippen molar-refractivity contribution in [3.63, 3.8) is 0 Å². The SMILES string of the molecule is Cc1c([C@H](O)CN2CCC3(CC2)CCN(C2=C(F)C(=O)OC2)CC3)ccc2c1COC2=O. The molecule has 0 bridgehead atoms. The molecule has 8 heteroatoms. The molecule has 2 fully saturated rings. The molecule has 4 heterocycles. The number of hydrogen-bond donors (Lipinski definition) is 1. The summed E-state index contributed by atoms with van der Waals surface area (Å²) >= 11 is 0. The number of likely N-dealkylation sites (tertiary alicyclic amines) is 2. The smallest absolute Gasteiger partial charge is 0.369 e. The van der Waals surface area contributed by atoms with Crippen LogP contribution in [-0.2, 0) is 20.9 Å². The van der Waals surface area contributed by atoms with Gasteiger partial charge in [-0.2, -0.15) is 4.39 Å². The van der Waals surface area contributed by atoms with E-state index in [0.717, 1.165) is 68.6 Å². The number of aliphatic hydroxyl groups excluding tert-OH is 1. The average molecular weight is 445 g/mol. The molecule has 1 spiro atoms. The summed E-state index contributed by atoms with van der Waals surface area (Å²) in [7, 11) is 0. The minimum Gasteiger partial charge on any atom is -0.457 e. The van der Waals surface area contributed by atoms with Crippen LogP contribution in [0, 0.1) is 12.3 Å². The predicted octanol–water partition coefficient (Wildman–Crippen LogP) is 2.61. The predicted molar refractivity (Wildman–Crippen MR) is 113 cm³/mol. The maximum Gasteiger partial charge on any atom is 0.369 e. The zero-order chi connectivity index (χ0) is 22.5. The Morgan fingerprint density at radius 1 is 1.03 bits per heavy atom. The number of fused-ring (bicyclic) bond motifs is 1. The Morgan fingerprint density at radius 2 is 1.69 bits per heavy atom. The monoisotopic (exact) mass is 444 g/mol. The number of ether oxygens (including phenoxy) is 2. The van der Waals surface area contributed by atoms with Crippen molar-refractivity contribution in [3.05, 3.63) is 45.9 Å². The van der Waals surface area contributed by atoms with Crippen LogP contribution in [0.5, 0.6) is 0 Å². The lowest BCUT2D eigenvalue weighted by molar-refractivity contribution is -0.137. The van der Waals surface area contributed by atoms with Crippen molar-refractivity contribution in [2.75, 3.05) is 39.3 Å². The number of hydrogen-bond acceptors (Lipinski definition) is 7. The first-order valence-corrected chi connectivity index (χ1v) is 11.4. The highest BCUT2D eigenvalue weighted by Gasteiger charge is 2.40. The van der Waals surface area contributed by atoms with Crippen molar-refractivity contribution in [1.29, 1.82) is 0 Å². The van der Waals surface area contributed by atoms with E-state index >= 15 is 0 Å². The molecule has 0 unspecified atom stereocenters. The van der Waals surface area contributed by atoms with Gasteiger partial charge in [-0.1, -0.05) is 6.07 Å². The molecule has 0 aliphatic carbocycles. The molecule has 172 valence electrons. The molecule has 2 saturated heterocycles. The van der Waals surface area contributed by atoms with E-state index in [2.05, 4.69) is 4.90 Å². The van der Waals surface area contributed by atoms with Crippen molar-refractivity contribution in [2.45, 2.75) is 45.3 Å². The van der Waals surface area contributed by atoms with E-state index in [1.165, 1.54) is 0 Å². The molecule has 1 aromatic rings. The molecule has 5 rings (SSSR count). The highest BCUT2D eigenvalue weighted by Crippen LogP contribution is 2.43. The highest BCUT2D eigenvalue weighted by molar-refractivity contribution is 5.94. The normalized spacial score (nSPS) is 24.0. The standard InChI is InChI=1S/C24H29FN2O5/c1-15-16(2-3-17-18(15)13-31-22(17)29)20(28)12-26-8-4-24(5-9-26)6-10-27(11-7-24)19-14-32-23(30)21(19)25/h2-3,20,28H,4-14H2,1H3/t20-/m1/s1. The summed E-state index contributed by atoms with van der Waals surface area (Å²) in [5.41, 5.74) is 3.95. The van der Waals surface area contributed by atoms with Gasteiger partial charge in [0.1, 0.15) is 13.2 Å². The van der Waals surface area contributed by atoms with Crippen LogP contribution in [-0.4, -0.2) is 66.2 Å². The molecule has 4 aliphatic rings. The number of β-amino-alcohol motifs (C(OH)–C–C–N with tert-alkyl or cyclic N) is 1. The number of halogens is 1. The first-order valence-electron chi connectivity index (χ1n) is 11.4. The fraction of sp³-hybridized carbons (Fsp3) is 0.583. The maximum absolute atomic E-state index is 13.9. The fourth-order valence-electron chi connectivity index (χ4n) is 5.64. The van der Waals surface area contributed by atoms with Crippen molar-refractivity contribution < 1.29 is 28.6 Å². The third kappa shape index (κ3) is 3.69. The number of carbonyl (C=O) groups is 2. The number of esters is 2. The molecular weight excluding hydrogens is 415 g/mol. The van der Waals surface area contributed by atoms with Crippen molar-refractivity contribution in [1.82, 2.24) is 9.80 Å². The Kier molecular flexibility index (Phi) is 5.45. The van der Waals surface area contributed by atoms with E-state index in [9.17, 15) is 19.1 Å². The first kappa shape index (κ1) is 21.4. The van der Waals surface area contributed by atoms with Gasteiger partial charge in [0.2, 0.25) is 5.83 Å². The highest BCUT2D eigenvalue weighted by atomic mass is 19.1. The third-order valence-corrected chi connectivity index (χ3v) is 7.89. The quantitative estimate of drug-likeness (QED) is 0.715. The van der Waals surface area contributed by atoms with Gasteiger partial charge in [0, 0.05) is 25.2 Å². The lowest BCUT2D eigenvalue weighted by Crippen LogP contribution is -2.47. The van der Waals surface area contributed by atoms with Gasteiger partial charge in [0.15, 0.2) is 0 Å². The van der Waals surface area contributed by atoms with Crippen LogP contribution in [0.2, 0.25) is 0 Å². The summed E-state index contributed by atoms with van der Waals surface area (Å²) in [6.07, 6.45) is 3.45. The Hall–Kier alpha value is -2.45. The van der Waals surface area contributed by atoms with Crippen molar-refractivity contribution >= 4 is 11.9 Å². The van der Waals surface area contributed by atoms with Crippen LogP contribution < -0.4 is 0 Å². The number of rotatable bonds is 4. The van der Waals surface area contributed by atoms with Gasteiger partial charge in [-0.15, -0.1) is 0 Å². The molecule has 1 atom stereocenters. The topological polar surface area (TPSA) is 79.3 Å². The zero-order valence-corrected chi connectivity index (χ0v) is 18.4. The van der Waals surface area contributed by atoms with Crippen LogP contribution in [0.15, 0.2) is 23.7 Å². The first-order chi connectivity index (χ1) is 15.4. The number of nitrogens with zero attached hydrogens (tertiary/aromatic N) is 2. The summed E-state index contributed by atoms with van der Waals surface area (Å²) < 4.78 is 23.9. The molecule has 0 saturated carbocycles. The molecule has 0 amide bonds. The van der Waals surface area contributed by atoms with Gasteiger partial charge in [-0.3, -0.25) is 0 Å². The van der Waals surface area contributed by atoms with E-state index < -0.39 is 17.9 Å². The minimum atomic E-state index is -0.843. The number of carbonyl (C=O) groups excluding carboxylic acids is 2. The second-order valence-corrected chi connectivity index (χ2v) is 9.52. The molecule has 4 aliphatic heterocycles. The van der Waals surface area contributed by atoms with Gasteiger partial charge in [-0.05, 0) is 68.3 Å². The van der Waals surface area contributed by atoms with E-state index in [-0.39, 0.29) is 24.6 Å². The molecule has 0 radical (unpaired) electrons. The summed E-state index contributed by atoms with van der Waals surface area (Å²) in [6, 6.07) is 3.61. The maximum atomic E-state index is 13.9. The van der Waals surface area contributed by atoms with Crippen LogP contribution in [0.3, 0.4) is 0 Å². The second kappa shape index (κ2) is 8.15. The largest absolute Gasteiger partial charge is 0.457 e. The van der Waals surface area contributed by atoms with Crippen LogP contribution >= 0.6 is 0 Å².